The van der Waals surface area contributed by atoms with Crippen LogP contribution < -0.4 is 0 Å². The van der Waals surface area contributed by atoms with E-state index in [0.29, 0.717) is 11.3 Å². The van der Waals surface area contributed by atoms with Gasteiger partial charge in [-0.3, -0.25) is 0 Å². The minimum absolute atomic E-state index is 0.321. The Bertz CT molecular complexity index is 650. The summed E-state index contributed by atoms with van der Waals surface area (Å²) < 4.78 is 0. The second kappa shape index (κ2) is 5.09. The molecular weight excluding hydrogens is 240 g/mol. The second-order valence-corrected chi connectivity index (χ2v) is 6.42. The van der Waals surface area contributed by atoms with Crippen LogP contribution in [0.3, 0.4) is 0 Å². The number of aryl methyl sites for hydroxylation is 1. The number of fused-ring (bicyclic) bond motifs is 1. The van der Waals surface area contributed by atoms with Crippen molar-refractivity contribution < 1.29 is 0 Å². The van der Waals surface area contributed by atoms with Crippen LogP contribution in [0, 0.1) is 12.8 Å². The van der Waals surface area contributed by atoms with Crippen molar-refractivity contribution in [2.75, 3.05) is 0 Å². The molecule has 20 heavy (non-hydrogen) atoms. The lowest BCUT2D eigenvalue weighted by Gasteiger charge is -2.38. The van der Waals surface area contributed by atoms with Crippen molar-refractivity contribution in [3.63, 3.8) is 0 Å². The molecule has 1 aliphatic rings. The molecule has 3 rings (SSSR count). The van der Waals surface area contributed by atoms with Crippen molar-refractivity contribution in [1.82, 2.24) is 0 Å². The quantitative estimate of drug-likeness (QED) is 0.603. The van der Waals surface area contributed by atoms with E-state index in [-0.39, 0.29) is 0 Å². The van der Waals surface area contributed by atoms with Gasteiger partial charge in [0.15, 0.2) is 0 Å². The van der Waals surface area contributed by atoms with Gasteiger partial charge in [0.25, 0.3) is 0 Å². The predicted molar refractivity (Wildman–Crippen MR) is 88.2 cm³/mol. The summed E-state index contributed by atoms with van der Waals surface area (Å²) in [5.74, 6) is 0.684. The third kappa shape index (κ3) is 2.08. The van der Waals surface area contributed by atoms with Crippen molar-refractivity contribution in [3.8, 4) is 0 Å². The Morgan fingerprint density at radius 2 is 1.85 bits per heavy atom. The third-order valence-electron chi connectivity index (χ3n) is 5.08. The van der Waals surface area contributed by atoms with Crippen molar-refractivity contribution >= 4 is 10.8 Å². The number of hydrogen-bond donors (Lipinski definition) is 0. The van der Waals surface area contributed by atoms with Gasteiger partial charge < -0.3 is 0 Å². The Labute approximate surface area is 122 Å². The van der Waals surface area contributed by atoms with E-state index in [1.807, 2.05) is 0 Å². The zero-order chi connectivity index (χ0) is 14.2. The molecule has 2 aromatic carbocycles. The predicted octanol–water partition coefficient (Wildman–Crippen LogP) is 5.78. The van der Waals surface area contributed by atoms with Crippen molar-refractivity contribution in [1.29, 1.82) is 0 Å². The van der Waals surface area contributed by atoms with Gasteiger partial charge in [0, 0.05) is 0 Å². The highest BCUT2D eigenvalue weighted by molar-refractivity contribution is 5.89. The van der Waals surface area contributed by atoms with Crippen LogP contribution in [0.5, 0.6) is 0 Å². The lowest BCUT2D eigenvalue weighted by Crippen LogP contribution is -2.29. The van der Waals surface area contributed by atoms with Gasteiger partial charge in [0.2, 0.25) is 0 Å². The van der Waals surface area contributed by atoms with Crippen molar-refractivity contribution in [2.45, 2.75) is 45.4 Å². The highest BCUT2D eigenvalue weighted by Crippen LogP contribution is 2.44. The molecule has 0 aliphatic heterocycles. The van der Waals surface area contributed by atoms with Gasteiger partial charge in [-0.25, -0.2) is 0 Å². The van der Waals surface area contributed by atoms with Gasteiger partial charge >= 0.3 is 0 Å². The molecular formula is C20H24. The van der Waals surface area contributed by atoms with Gasteiger partial charge in [0.1, 0.15) is 0 Å². The SMILES string of the molecule is CCC1(c2ccc(C)c3ccccc23)CC=CC(C)C1. The van der Waals surface area contributed by atoms with Gasteiger partial charge in [-0.2, -0.15) is 0 Å². The Balaban J connectivity index is 2.23. The van der Waals surface area contributed by atoms with Gasteiger partial charge in [-0.1, -0.05) is 62.4 Å². The molecule has 0 nitrogen and oxygen atoms in total. The van der Waals surface area contributed by atoms with Gasteiger partial charge in [-0.05, 0) is 59.4 Å². The monoisotopic (exact) mass is 264 g/mol. The van der Waals surface area contributed by atoms with Crippen LogP contribution in [0.4, 0.5) is 0 Å². The number of benzene rings is 2. The van der Waals surface area contributed by atoms with E-state index in [1.54, 1.807) is 5.56 Å². The van der Waals surface area contributed by atoms with E-state index in [2.05, 4.69) is 69.3 Å². The molecule has 0 amide bonds. The summed E-state index contributed by atoms with van der Waals surface area (Å²) in [7, 11) is 0. The van der Waals surface area contributed by atoms with Crippen molar-refractivity contribution in [2.24, 2.45) is 5.92 Å². The van der Waals surface area contributed by atoms with Crippen LogP contribution in [-0.4, -0.2) is 0 Å². The molecule has 0 heterocycles. The van der Waals surface area contributed by atoms with E-state index in [4.69, 9.17) is 0 Å². The highest BCUT2D eigenvalue weighted by atomic mass is 14.4. The fourth-order valence-electron chi connectivity index (χ4n) is 3.90. The van der Waals surface area contributed by atoms with E-state index in [0.717, 1.165) is 0 Å². The molecule has 2 aromatic rings. The summed E-state index contributed by atoms with van der Waals surface area (Å²) in [6, 6.07) is 13.6. The largest absolute Gasteiger partial charge is 0.0874 e. The standard InChI is InChI=1S/C20H24/c1-4-20(13-7-8-15(2)14-20)19-12-11-16(3)17-9-5-6-10-18(17)19/h5-12,15H,4,13-14H2,1-3H3. The lowest BCUT2D eigenvalue weighted by molar-refractivity contribution is 0.332. The first-order valence-electron chi connectivity index (χ1n) is 7.82. The Morgan fingerprint density at radius 1 is 1.10 bits per heavy atom. The molecule has 1 aliphatic carbocycles. The fourth-order valence-corrected chi connectivity index (χ4v) is 3.90. The molecule has 0 aromatic heterocycles. The Hall–Kier alpha value is -1.56. The third-order valence-corrected chi connectivity index (χ3v) is 5.08. The van der Waals surface area contributed by atoms with Gasteiger partial charge in [0.05, 0.1) is 0 Å². The summed E-state index contributed by atoms with van der Waals surface area (Å²) in [6.07, 6.45) is 8.44. The van der Waals surface area contributed by atoms with Gasteiger partial charge in [-0.15, -0.1) is 0 Å². The summed E-state index contributed by atoms with van der Waals surface area (Å²) in [4.78, 5) is 0. The summed E-state index contributed by atoms with van der Waals surface area (Å²) in [6.45, 7) is 6.91. The Kier molecular flexibility index (Phi) is 3.41. The normalized spacial score (nSPS) is 26.1. The number of allylic oxidation sites excluding steroid dienone is 2. The molecule has 0 radical (unpaired) electrons. The first kappa shape index (κ1) is 13.4. The molecule has 0 spiro atoms. The van der Waals surface area contributed by atoms with E-state index in [9.17, 15) is 0 Å². The maximum absolute atomic E-state index is 2.40. The summed E-state index contributed by atoms with van der Waals surface area (Å²) >= 11 is 0. The lowest BCUT2D eigenvalue weighted by atomic mass is 9.66. The van der Waals surface area contributed by atoms with E-state index in [1.165, 1.54) is 35.6 Å². The molecule has 0 bridgehead atoms. The van der Waals surface area contributed by atoms with Crippen LogP contribution in [0.15, 0.2) is 48.6 Å². The molecule has 0 saturated heterocycles. The van der Waals surface area contributed by atoms with Crippen LogP contribution >= 0.6 is 0 Å². The molecule has 0 heteroatoms. The molecule has 0 saturated carbocycles. The average Bonchev–Trinajstić information content (AvgIpc) is 2.48. The maximum atomic E-state index is 2.40. The number of rotatable bonds is 2. The summed E-state index contributed by atoms with van der Waals surface area (Å²) in [5.41, 5.74) is 3.26. The van der Waals surface area contributed by atoms with E-state index >= 15 is 0 Å². The second-order valence-electron chi connectivity index (χ2n) is 6.42. The minimum atomic E-state index is 0.321. The van der Waals surface area contributed by atoms with Crippen LogP contribution in [-0.2, 0) is 5.41 Å². The average molecular weight is 264 g/mol. The maximum Gasteiger partial charge on any atom is -0.000353 e. The molecule has 0 N–H and O–H groups in total. The van der Waals surface area contributed by atoms with Crippen LogP contribution in [0.1, 0.15) is 44.2 Å². The van der Waals surface area contributed by atoms with Crippen LogP contribution in [0.25, 0.3) is 10.8 Å². The first-order valence-corrected chi connectivity index (χ1v) is 7.82. The van der Waals surface area contributed by atoms with E-state index < -0.39 is 0 Å². The molecule has 2 atom stereocenters. The minimum Gasteiger partial charge on any atom is -0.0874 e. The van der Waals surface area contributed by atoms with Crippen molar-refractivity contribution in [3.05, 3.63) is 59.7 Å². The number of hydrogen-bond acceptors (Lipinski definition) is 0. The topological polar surface area (TPSA) is 0 Å². The zero-order valence-corrected chi connectivity index (χ0v) is 12.8. The fraction of sp³-hybridized carbons (Fsp3) is 0.400. The summed E-state index contributed by atoms with van der Waals surface area (Å²) in [5, 5.41) is 2.87. The highest BCUT2D eigenvalue weighted by Gasteiger charge is 2.34. The first-order chi connectivity index (χ1) is 9.66. The smallest absolute Gasteiger partial charge is 0.000353 e. The molecule has 0 fully saturated rings. The molecule has 2 unspecified atom stereocenters. The van der Waals surface area contributed by atoms with Crippen LogP contribution in [0.2, 0.25) is 0 Å². The Morgan fingerprint density at radius 3 is 2.55 bits per heavy atom. The zero-order valence-electron chi connectivity index (χ0n) is 12.8. The molecule has 104 valence electrons.